The molecule has 0 spiro atoms. The molecule has 7 aliphatic rings. The molecular formula is C100H114N30O5S7. The molecule has 2 fully saturated rings. The van der Waals surface area contributed by atoms with Gasteiger partial charge in [0.1, 0.15) is 25.0 Å². The third-order valence-corrected chi connectivity index (χ3v) is 31.3. The van der Waals surface area contributed by atoms with Crippen molar-refractivity contribution in [1.82, 2.24) is 110 Å². The standard InChI is InChI=1S/C22H26N6S.C20H23N7O2S2.C20H22N6OS.C20H23N5S.C18H20N6O2S2/c1-14-9-15(2)11-17(10-14)25-22-24-12-16-3-4-18-21(20(16)27-22)29-19(26-18)13-28-7-5-23-6-8-28;21-31(28,29)15-3-1-2-14(10-15)24-20-23-11-13-4-5-16-19(18(13)26-20)30-17(25-16)12-27-8-6-22-7-9-27;1-12(27)22-14-5-4-6-15(9-14)23-20-21-10-13-7-8-16-19(18(13)25-20)28-17(24-16)11-26(2)3;1-12-7-13(2)9-15(8-12)22-20-21-10-14-5-6-16-19(18(14)24-20)26-17(23-16)11-25(3)4;1-24(2)10-15-22-14-7-6-11-9-20-18(23-16(11)17(14)27-15)21-12-4-3-5-13(8-12)28(19,25)26/h9-12,23H,3-8,13H2,1-2H3,(H,24,25,27);1-3,10-11,22H,4-9,12H2,(H2,21,28,29)(H,23,24,26);4-6,9-10H,7-8,11H2,1-3H3,(H,22,27)(H,21,23,25);7-10H,5-6,11H2,1-4H3,(H,21,22,24);3-5,8-9H,6-7,10H2,1-2H3,(H2,19,25,26)(H,20,21,23). The summed E-state index contributed by atoms with van der Waals surface area (Å²) in [7, 11) is 4.74. The number of primary sulfonamides is 2. The summed E-state index contributed by atoms with van der Waals surface area (Å²) in [5.74, 6) is 2.54. The zero-order valence-electron chi connectivity index (χ0n) is 81.0. The van der Waals surface area contributed by atoms with Gasteiger partial charge in [-0.1, -0.05) is 30.3 Å². The average molecular weight is 2040 g/mol. The first kappa shape index (κ1) is 99.8. The predicted molar refractivity (Wildman–Crippen MR) is 566 cm³/mol. The molecule has 22 rings (SSSR count). The summed E-state index contributed by atoms with van der Waals surface area (Å²) in [6.45, 7) is 22.6. The Morgan fingerprint density at radius 3 is 0.887 bits per heavy atom. The van der Waals surface area contributed by atoms with E-state index in [1.165, 1.54) is 90.7 Å². The normalized spacial score (nSPS) is 14.4. The predicted octanol–water partition coefficient (Wildman–Crippen LogP) is 14.7. The molecule has 15 aromatic rings. The molecule has 5 aromatic carbocycles. The van der Waals surface area contributed by atoms with E-state index in [9.17, 15) is 21.6 Å². The van der Waals surface area contributed by atoms with Gasteiger partial charge in [-0.2, -0.15) is 0 Å². The Hall–Kier alpha value is -12.3. The molecule has 42 heteroatoms. The number of rotatable bonds is 23. The van der Waals surface area contributed by atoms with Crippen molar-refractivity contribution < 1.29 is 21.6 Å². The zero-order chi connectivity index (χ0) is 99.0. The van der Waals surface area contributed by atoms with Crippen molar-refractivity contribution >= 4 is 147 Å². The molecule has 0 atom stereocenters. The Bertz CT molecular complexity index is 7350. The van der Waals surface area contributed by atoms with Gasteiger partial charge in [0.25, 0.3) is 0 Å². The van der Waals surface area contributed by atoms with E-state index in [1.807, 2.05) is 83.4 Å². The number of benzene rings is 5. The number of piperazine rings is 2. The average Bonchev–Trinajstić information content (AvgIpc) is 1.63. The molecule has 1 amide bonds. The van der Waals surface area contributed by atoms with Crippen LogP contribution in [0.5, 0.6) is 0 Å². The van der Waals surface area contributed by atoms with Crippen molar-refractivity contribution in [3.05, 3.63) is 244 Å². The van der Waals surface area contributed by atoms with Gasteiger partial charge in [0, 0.05) is 144 Å². The Balaban J connectivity index is 0.000000117. The number of aromatic nitrogens is 15. The second-order valence-corrected chi connectivity index (χ2v) is 45.3. The van der Waals surface area contributed by atoms with Crippen LogP contribution in [0.3, 0.4) is 0 Å². The molecule has 12 N–H and O–H groups in total. The van der Waals surface area contributed by atoms with Gasteiger partial charge in [-0.25, -0.2) is 102 Å². The molecule has 736 valence electrons. The van der Waals surface area contributed by atoms with Crippen LogP contribution in [0.1, 0.15) is 111 Å². The second kappa shape index (κ2) is 44.3. The van der Waals surface area contributed by atoms with Crippen molar-refractivity contribution in [2.75, 3.05) is 127 Å². The van der Waals surface area contributed by atoms with Crippen LogP contribution in [0, 0.1) is 27.7 Å². The number of thiazole rings is 5. The summed E-state index contributed by atoms with van der Waals surface area (Å²) in [6.07, 6.45) is 18.7. The second-order valence-electron chi connectivity index (χ2n) is 36.8. The van der Waals surface area contributed by atoms with E-state index >= 15 is 0 Å². The maximum atomic E-state index is 11.6. The Kier molecular flexibility index (Phi) is 31.1. The van der Waals surface area contributed by atoms with Gasteiger partial charge in [-0.15, -0.1) is 56.7 Å². The molecule has 0 radical (unpaired) electrons. The Morgan fingerprint density at radius 1 is 0.345 bits per heavy atom. The van der Waals surface area contributed by atoms with Crippen LogP contribution >= 0.6 is 56.7 Å². The highest BCUT2D eigenvalue weighted by atomic mass is 32.2. The van der Waals surface area contributed by atoms with Crippen molar-refractivity contribution in [1.29, 1.82) is 0 Å². The van der Waals surface area contributed by atoms with Crippen LogP contribution in [0.25, 0.3) is 52.9 Å². The molecule has 10 aromatic heterocycles. The van der Waals surface area contributed by atoms with Gasteiger partial charge in [0.2, 0.25) is 55.7 Å². The van der Waals surface area contributed by atoms with Gasteiger partial charge in [-0.3, -0.25) is 14.6 Å². The number of amides is 1. The van der Waals surface area contributed by atoms with E-state index < -0.39 is 20.0 Å². The lowest BCUT2D eigenvalue weighted by Gasteiger charge is -2.26. The topological polar surface area (TPSA) is 443 Å². The Morgan fingerprint density at radius 2 is 0.606 bits per heavy atom. The van der Waals surface area contributed by atoms with Crippen molar-refractivity contribution in [3.8, 4) is 52.9 Å². The maximum Gasteiger partial charge on any atom is 0.238 e. The maximum absolute atomic E-state index is 11.6. The molecule has 5 aliphatic carbocycles. The molecule has 35 nitrogen and oxygen atoms in total. The first-order chi connectivity index (χ1) is 68.3. The SMILES string of the molecule is CC(=O)Nc1cccc(Nc2ncc3c(n2)-c2sc(CN(C)C)nc2CC3)c1.CN(C)Cc1nc2c(s1)-c1nc(Nc3cccc(S(N)(=O)=O)c3)ncc1CC2.Cc1cc(C)cc(Nc2ncc3c(n2)-c2sc(CN(C)C)nc2CC3)c1.Cc1cc(C)cc(Nc2ncc3c(n2)-c2sc(CN4CCNCC4)nc2CC3)c1.NS(=O)(=O)c1cccc(Nc2ncc3c(n2)-c2sc(CN4CCNCC4)nc2CC3)c1. The van der Waals surface area contributed by atoms with Crippen LogP contribution in [0.15, 0.2) is 150 Å². The van der Waals surface area contributed by atoms with Gasteiger partial charge in [-0.05, 0) is 263 Å². The van der Waals surface area contributed by atoms with Crippen molar-refractivity contribution in [2.24, 2.45) is 10.3 Å². The van der Waals surface area contributed by atoms with E-state index in [-0.39, 0.29) is 15.7 Å². The van der Waals surface area contributed by atoms with E-state index in [0.29, 0.717) is 41.1 Å². The zero-order valence-corrected chi connectivity index (χ0v) is 86.8. The fraction of sp³-hybridized carbons (Fsp3) is 0.340. The van der Waals surface area contributed by atoms with E-state index in [1.54, 1.807) is 80.9 Å². The number of hydrogen-bond donors (Lipinski definition) is 10. The monoisotopic (exact) mass is 2040 g/mol. The number of carbonyl (C=O) groups excluding carboxylic acids is 1. The summed E-state index contributed by atoms with van der Waals surface area (Å²) in [6, 6.07) is 32.9. The highest BCUT2D eigenvalue weighted by Gasteiger charge is 2.31. The van der Waals surface area contributed by atoms with Crippen LogP contribution < -0.4 is 52.8 Å². The quantitative estimate of drug-likeness (QED) is 0.0284. The van der Waals surface area contributed by atoms with Gasteiger partial charge in [0.05, 0.1) is 104 Å². The lowest BCUT2D eigenvalue weighted by Crippen LogP contribution is -2.42. The molecule has 142 heavy (non-hydrogen) atoms. The minimum atomic E-state index is -3.78. The molecule has 0 saturated carbocycles. The summed E-state index contributed by atoms with van der Waals surface area (Å²) in [5, 5.41) is 41.8. The number of fused-ring (bicyclic) bond motifs is 15. The molecular weight excluding hydrogens is 1930 g/mol. The molecule has 2 saturated heterocycles. The minimum Gasteiger partial charge on any atom is -0.326 e. The highest BCUT2D eigenvalue weighted by molar-refractivity contribution is 7.89. The van der Waals surface area contributed by atoms with E-state index in [4.69, 9.17) is 55.1 Å². The third kappa shape index (κ3) is 25.5. The summed E-state index contributed by atoms with van der Waals surface area (Å²) in [4.78, 5) is 98.9. The summed E-state index contributed by atoms with van der Waals surface area (Å²) in [5.41, 5.74) is 26.0. The number of aryl methyl sites for hydroxylation is 14. The molecule has 2 aliphatic heterocycles. The summed E-state index contributed by atoms with van der Waals surface area (Å²) >= 11 is 8.63. The molecule has 0 unspecified atom stereocenters. The smallest absolute Gasteiger partial charge is 0.238 e. The highest BCUT2D eigenvalue weighted by Crippen LogP contribution is 2.44. The van der Waals surface area contributed by atoms with Crippen LogP contribution in [-0.4, -0.2) is 217 Å². The van der Waals surface area contributed by atoms with Crippen LogP contribution in [-0.2, 0) is 122 Å². The number of carbonyl (C=O) groups is 1. The molecule has 12 heterocycles. The van der Waals surface area contributed by atoms with Crippen molar-refractivity contribution in [2.45, 2.75) is 141 Å². The van der Waals surface area contributed by atoms with Crippen LogP contribution in [0.4, 0.5) is 63.9 Å². The van der Waals surface area contributed by atoms with Gasteiger partial charge >= 0.3 is 0 Å². The number of hydrogen-bond acceptors (Lipinski definition) is 37. The minimum absolute atomic E-state index is 0.0357. The number of nitrogens with one attached hydrogen (secondary N) is 8. The number of nitrogens with two attached hydrogens (primary N) is 2. The fourth-order valence-corrected chi connectivity index (χ4v) is 24.9. The largest absolute Gasteiger partial charge is 0.326 e. The lowest BCUT2D eigenvalue weighted by atomic mass is 10.00. The Labute approximate surface area is 846 Å². The molecule has 0 bridgehead atoms. The summed E-state index contributed by atoms with van der Waals surface area (Å²) < 4.78 is 46.3. The van der Waals surface area contributed by atoms with Gasteiger partial charge < -0.3 is 57.2 Å². The van der Waals surface area contributed by atoms with E-state index in [2.05, 4.69) is 175 Å². The first-order valence-corrected chi connectivity index (χ1v) is 54.2. The van der Waals surface area contributed by atoms with Crippen LogP contribution in [0.2, 0.25) is 0 Å². The lowest BCUT2D eigenvalue weighted by molar-refractivity contribution is -0.114. The number of anilines is 11. The third-order valence-electron chi connectivity index (χ3n) is 24.0. The fourth-order valence-electron chi connectivity index (χ4n) is 17.7. The number of nitrogens with zero attached hydrogens (tertiary/aromatic N) is 20. The van der Waals surface area contributed by atoms with Crippen molar-refractivity contribution in [3.63, 3.8) is 0 Å². The first-order valence-electron chi connectivity index (χ1n) is 47.0. The van der Waals surface area contributed by atoms with E-state index in [0.717, 1.165) is 269 Å². The number of sulfonamides is 2. The van der Waals surface area contributed by atoms with Gasteiger partial charge in [0.15, 0.2) is 0 Å².